The van der Waals surface area contributed by atoms with Crippen molar-refractivity contribution >= 4 is 35.6 Å². The van der Waals surface area contributed by atoms with Crippen LogP contribution in [-0.2, 0) is 17.5 Å². The van der Waals surface area contributed by atoms with Crippen LogP contribution in [0.5, 0.6) is 0 Å². The number of anilines is 1. The van der Waals surface area contributed by atoms with E-state index in [2.05, 4.69) is 25.4 Å². The summed E-state index contributed by atoms with van der Waals surface area (Å²) in [6, 6.07) is 3.99. The van der Waals surface area contributed by atoms with Crippen LogP contribution in [0.4, 0.5) is 18.9 Å². The van der Waals surface area contributed by atoms with Gasteiger partial charge in [-0.15, -0.1) is 24.0 Å². The average molecular weight is 529 g/mol. The van der Waals surface area contributed by atoms with E-state index in [1.54, 1.807) is 20.2 Å². The number of nitrogens with one attached hydrogen (secondary N) is 2. The number of nitrogens with zero attached hydrogens (tertiary/aromatic N) is 3. The number of methoxy groups -OCH3 is 1. The number of halogens is 4. The van der Waals surface area contributed by atoms with E-state index >= 15 is 0 Å². The summed E-state index contributed by atoms with van der Waals surface area (Å²) >= 11 is 0. The maximum atomic E-state index is 13.2. The summed E-state index contributed by atoms with van der Waals surface area (Å²) in [6.45, 7) is 6.01. The number of aliphatic imine (C=N–C) groups is 1. The van der Waals surface area contributed by atoms with Gasteiger partial charge in [0.15, 0.2) is 5.96 Å². The fourth-order valence-corrected chi connectivity index (χ4v) is 3.16. The predicted molar refractivity (Wildman–Crippen MR) is 121 cm³/mol. The first-order chi connectivity index (χ1) is 13.2. The zero-order valence-corrected chi connectivity index (χ0v) is 19.7. The molecular formula is C19H31F3IN5O. The summed E-state index contributed by atoms with van der Waals surface area (Å²) in [6.07, 6.45) is -4.37. The molecule has 2 rings (SSSR count). The molecule has 1 aliphatic heterocycles. The monoisotopic (exact) mass is 529 g/mol. The Hall–Kier alpha value is -1.27. The van der Waals surface area contributed by atoms with Gasteiger partial charge in [0.2, 0.25) is 0 Å². The summed E-state index contributed by atoms with van der Waals surface area (Å²) in [4.78, 5) is 8.49. The van der Waals surface area contributed by atoms with Crippen LogP contribution in [0.1, 0.15) is 18.1 Å². The second kappa shape index (κ2) is 11.8. The molecule has 6 nitrogen and oxygen atoms in total. The quantitative estimate of drug-likeness (QED) is 0.338. The van der Waals surface area contributed by atoms with Crippen LogP contribution in [0.2, 0.25) is 0 Å². The third kappa shape index (κ3) is 7.82. The van der Waals surface area contributed by atoms with E-state index in [0.717, 1.165) is 37.9 Å². The van der Waals surface area contributed by atoms with E-state index in [9.17, 15) is 13.2 Å². The lowest BCUT2D eigenvalue weighted by molar-refractivity contribution is -0.137. The molecule has 1 aromatic carbocycles. The number of rotatable bonds is 6. The van der Waals surface area contributed by atoms with E-state index in [4.69, 9.17) is 4.74 Å². The van der Waals surface area contributed by atoms with E-state index in [0.29, 0.717) is 18.1 Å². The van der Waals surface area contributed by atoms with Crippen molar-refractivity contribution in [2.24, 2.45) is 4.99 Å². The highest BCUT2D eigenvalue weighted by Gasteiger charge is 2.31. The summed E-state index contributed by atoms with van der Waals surface area (Å²) in [5, 5.41) is 6.28. The van der Waals surface area contributed by atoms with Crippen LogP contribution in [-0.4, -0.2) is 70.9 Å². The maximum absolute atomic E-state index is 13.2. The predicted octanol–water partition coefficient (Wildman–Crippen LogP) is 2.78. The first-order valence-corrected chi connectivity index (χ1v) is 9.34. The molecule has 0 radical (unpaired) electrons. The summed E-state index contributed by atoms with van der Waals surface area (Å²) in [5.41, 5.74) is 0.786. The fraction of sp³-hybridized carbons (Fsp3) is 0.632. The Labute approximate surface area is 187 Å². The molecule has 0 bridgehead atoms. The van der Waals surface area contributed by atoms with Gasteiger partial charge in [-0.2, -0.15) is 13.2 Å². The van der Waals surface area contributed by atoms with Crippen molar-refractivity contribution in [3.8, 4) is 0 Å². The van der Waals surface area contributed by atoms with Crippen molar-refractivity contribution in [3.05, 3.63) is 29.3 Å². The Morgan fingerprint density at radius 1 is 1.24 bits per heavy atom. The topological polar surface area (TPSA) is 52.1 Å². The summed E-state index contributed by atoms with van der Waals surface area (Å²) < 4.78 is 44.8. The van der Waals surface area contributed by atoms with Crippen molar-refractivity contribution in [1.82, 2.24) is 15.5 Å². The lowest BCUT2D eigenvalue weighted by Crippen LogP contribution is -2.45. The van der Waals surface area contributed by atoms with Gasteiger partial charge in [0.25, 0.3) is 0 Å². The molecule has 0 amide bonds. The minimum Gasteiger partial charge on any atom is -0.383 e. The van der Waals surface area contributed by atoms with Gasteiger partial charge in [-0.1, -0.05) is 0 Å². The normalized spacial score (nSPS) is 16.9. The summed E-state index contributed by atoms with van der Waals surface area (Å²) in [5.74, 6) is 0.520. The van der Waals surface area contributed by atoms with Crippen molar-refractivity contribution in [2.75, 3.05) is 58.9 Å². The Balaban J connectivity index is 0.00000420. The molecule has 0 aliphatic carbocycles. The Bertz CT molecular complexity index is 664. The van der Waals surface area contributed by atoms with Gasteiger partial charge < -0.3 is 25.2 Å². The third-order valence-corrected chi connectivity index (χ3v) is 4.72. The highest BCUT2D eigenvalue weighted by Crippen LogP contribution is 2.33. The minimum absolute atomic E-state index is 0. The summed E-state index contributed by atoms with van der Waals surface area (Å²) in [7, 11) is 5.28. The number of hydrogen-bond donors (Lipinski definition) is 2. The molecule has 0 spiro atoms. The molecule has 1 atom stereocenters. The number of guanidine groups is 1. The van der Waals surface area contributed by atoms with Gasteiger partial charge >= 0.3 is 6.18 Å². The van der Waals surface area contributed by atoms with E-state index in [1.807, 2.05) is 14.0 Å². The molecule has 1 heterocycles. The lowest BCUT2D eigenvalue weighted by atomic mass is 10.1. The van der Waals surface area contributed by atoms with Gasteiger partial charge in [0, 0.05) is 58.6 Å². The van der Waals surface area contributed by atoms with Crippen molar-refractivity contribution < 1.29 is 17.9 Å². The SMILES string of the molecule is CN=C(NCc1cc(C(F)(F)F)ccc1N1CCN(C)CC1)NC(C)COC.I. The third-order valence-electron chi connectivity index (χ3n) is 4.72. The number of benzene rings is 1. The van der Waals surface area contributed by atoms with Crippen molar-refractivity contribution in [2.45, 2.75) is 25.7 Å². The smallest absolute Gasteiger partial charge is 0.383 e. The molecule has 166 valence electrons. The van der Waals surface area contributed by atoms with Crippen LogP contribution < -0.4 is 15.5 Å². The molecule has 10 heteroatoms. The number of likely N-dealkylation sites (N-methyl/N-ethyl adjacent to an activating group) is 1. The van der Waals surface area contributed by atoms with Gasteiger partial charge in [0.05, 0.1) is 12.2 Å². The van der Waals surface area contributed by atoms with E-state index in [1.165, 1.54) is 6.07 Å². The highest BCUT2D eigenvalue weighted by atomic mass is 127. The van der Waals surface area contributed by atoms with Gasteiger partial charge in [-0.25, -0.2) is 0 Å². The molecule has 1 fully saturated rings. The standard InChI is InChI=1S/C19H30F3N5O.HI/c1-14(13-28-4)25-18(23-2)24-12-15-11-16(19(20,21)22)5-6-17(15)27-9-7-26(3)8-10-27;/h5-6,11,14H,7-10,12-13H2,1-4H3,(H2,23,24,25);1H. The molecule has 0 saturated carbocycles. The number of piperazine rings is 1. The zero-order chi connectivity index (χ0) is 20.7. The van der Waals surface area contributed by atoms with Gasteiger partial charge in [-0.05, 0) is 37.7 Å². The average Bonchev–Trinajstić information content (AvgIpc) is 2.65. The van der Waals surface area contributed by atoms with E-state index < -0.39 is 11.7 Å². The van der Waals surface area contributed by atoms with Crippen LogP contribution in [0.3, 0.4) is 0 Å². The molecule has 2 N–H and O–H groups in total. The molecular weight excluding hydrogens is 498 g/mol. The second-order valence-electron chi connectivity index (χ2n) is 7.06. The molecule has 29 heavy (non-hydrogen) atoms. The van der Waals surface area contributed by atoms with Gasteiger partial charge in [0.1, 0.15) is 0 Å². The maximum Gasteiger partial charge on any atom is 0.416 e. The molecule has 0 aromatic heterocycles. The molecule has 1 aromatic rings. The second-order valence-corrected chi connectivity index (χ2v) is 7.06. The van der Waals surface area contributed by atoms with Crippen molar-refractivity contribution in [3.63, 3.8) is 0 Å². The number of hydrogen-bond acceptors (Lipinski definition) is 4. The molecule has 1 unspecified atom stereocenters. The van der Waals surface area contributed by atoms with Crippen LogP contribution in [0.15, 0.2) is 23.2 Å². The first kappa shape index (κ1) is 25.8. The van der Waals surface area contributed by atoms with Crippen LogP contribution in [0, 0.1) is 0 Å². The Morgan fingerprint density at radius 3 is 2.45 bits per heavy atom. The van der Waals surface area contributed by atoms with E-state index in [-0.39, 0.29) is 36.6 Å². The lowest BCUT2D eigenvalue weighted by Gasteiger charge is -2.35. The Morgan fingerprint density at radius 2 is 1.90 bits per heavy atom. The first-order valence-electron chi connectivity index (χ1n) is 9.34. The number of alkyl halides is 3. The fourth-order valence-electron chi connectivity index (χ4n) is 3.16. The molecule has 1 aliphatic rings. The Kier molecular flexibility index (Phi) is 10.5. The molecule has 1 saturated heterocycles. The largest absolute Gasteiger partial charge is 0.416 e. The highest BCUT2D eigenvalue weighted by molar-refractivity contribution is 14.0. The minimum atomic E-state index is -4.37. The number of ether oxygens (including phenoxy) is 1. The van der Waals surface area contributed by atoms with Crippen LogP contribution >= 0.6 is 24.0 Å². The van der Waals surface area contributed by atoms with Gasteiger partial charge in [-0.3, -0.25) is 4.99 Å². The van der Waals surface area contributed by atoms with Crippen LogP contribution in [0.25, 0.3) is 0 Å². The van der Waals surface area contributed by atoms with Crippen molar-refractivity contribution in [1.29, 1.82) is 0 Å². The zero-order valence-electron chi connectivity index (χ0n) is 17.3.